The molecule has 136 valence electrons. The number of halogens is 1. The SMILES string of the molecule is O=C(/C=C/c1ccc(COc2ccccc2Cl)o1)c1ccccc1[N+](=O)[O-]. The Balaban J connectivity index is 1.66. The largest absolute Gasteiger partial charge is 0.484 e. The predicted octanol–water partition coefficient (Wildman–Crippen LogP) is 5.32. The minimum atomic E-state index is -0.585. The number of carbonyl (C=O) groups is 1. The van der Waals surface area contributed by atoms with Gasteiger partial charge in [-0.1, -0.05) is 35.9 Å². The van der Waals surface area contributed by atoms with Crippen LogP contribution in [0.1, 0.15) is 21.9 Å². The van der Waals surface area contributed by atoms with Gasteiger partial charge in [0.25, 0.3) is 5.69 Å². The van der Waals surface area contributed by atoms with E-state index in [1.54, 1.807) is 36.4 Å². The van der Waals surface area contributed by atoms with Crippen molar-refractivity contribution in [1.29, 1.82) is 0 Å². The normalized spacial score (nSPS) is 10.9. The zero-order valence-corrected chi connectivity index (χ0v) is 14.8. The van der Waals surface area contributed by atoms with Crippen LogP contribution in [0.15, 0.2) is 71.2 Å². The molecule has 0 N–H and O–H groups in total. The number of allylic oxidation sites excluding steroid dienone is 1. The summed E-state index contributed by atoms with van der Waals surface area (Å²) in [6, 6.07) is 16.3. The Morgan fingerprint density at radius 3 is 2.63 bits per heavy atom. The number of hydrogen-bond donors (Lipinski definition) is 0. The molecular formula is C20H14ClNO5. The molecule has 0 aliphatic rings. The lowest BCUT2D eigenvalue weighted by Gasteiger charge is -2.05. The number of hydrogen-bond acceptors (Lipinski definition) is 5. The number of carbonyl (C=O) groups excluding carboxylic acids is 1. The Morgan fingerprint density at radius 2 is 1.85 bits per heavy atom. The van der Waals surface area contributed by atoms with Crippen LogP contribution >= 0.6 is 11.6 Å². The van der Waals surface area contributed by atoms with Gasteiger partial charge in [-0.25, -0.2) is 0 Å². The highest BCUT2D eigenvalue weighted by Gasteiger charge is 2.17. The van der Waals surface area contributed by atoms with E-state index in [1.807, 2.05) is 6.07 Å². The number of nitro benzene ring substituents is 1. The molecule has 0 unspecified atom stereocenters. The minimum Gasteiger partial charge on any atom is -0.484 e. The smallest absolute Gasteiger partial charge is 0.280 e. The zero-order chi connectivity index (χ0) is 19.2. The standard InChI is InChI=1S/C20H14ClNO5/c21-17-6-2-4-8-20(17)26-13-15-10-9-14(27-15)11-12-19(23)16-5-1-3-7-18(16)22(24)25/h1-12H,13H2/b12-11+. The van der Waals surface area contributed by atoms with Crippen LogP contribution in [0.25, 0.3) is 6.08 Å². The number of rotatable bonds is 7. The maximum Gasteiger partial charge on any atom is 0.280 e. The van der Waals surface area contributed by atoms with Gasteiger partial charge in [0.15, 0.2) is 5.78 Å². The van der Waals surface area contributed by atoms with Gasteiger partial charge < -0.3 is 9.15 Å². The van der Waals surface area contributed by atoms with Gasteiger partial charge in [-0.05, 0) is 42.5 Å². The maximum absolute atomic E-state index is 12.2. The van der Waals surface area contributed by atoms with Gasteiger partial charge in [0.1, 0.15) is 23.9 Å². The monoisotopic (exact) mass is 383 g/mol. The average Bonchev–Trinajstić information content (AvgIpc) is 3.13. The summed E-state index contributed by atoms with van der Waals surface area (Å²) in [4.78, 5) is 22.6. The topological polar surface area (TPSA) is 82.6 Å². The summed E-state index contributed by atoms with van der Waals surface area (Å²) in [5, 5.41) is 11.5. The average molecular weight is 384 g/mol. The van der Waals surface area contributed by atoms with E-state index in [-0.39, 0.29) is 17.9 Å². The van der Waals surface area contributed by atoms with Crippen molar-refractivity contribution in [2.24, 2.45) is 0 Å². The summed E-state index contributed by atoms with van der Waals surface area (Å²) in [6.45, 7) is 0.176. The van der Waals surface area contributed by atoms with Gasteiger partial charge in [0, 0.05) is 6.07 Å². The van der Waals surface area contributed by atoms with Gasteiger partial charge in [-0.3, -0.25) is 14.9 Å². The molecule has 0 amide bonds. The molecule has 0 spiro atoms. The second-order valence-corrected chi connectivity index (χ2v) is 5.90. The number of furan rings is 1. The van der Waals surface area contributed by atoms with Crippen LogP contribution in [-0.2, 0) is 6.61 Å². The molecule has 3 aromatic rings. The molecule has 0 saturated heterocycles. The van der Waals surface area contributed by atoms with Gasteiger partial charge >= 0.3 is 0 Å². The van der Waals surface area contributed by atoms with Crippen molar-refractivity contribution in [3.63, 3.8) is 0 Å². The molecule has 7 heteroatoms. The summed E-state index contributed by atoms with van der Waals surface area (Å²) >= 11 is 6.02. The second-order valence-electron chi connectivity index (χ2n) is 5.50. The molecule has 0 fully saturated rings. The van der Waals surface area contributed by atoms with Crippen LogP contribution in [-0.4, -0.2) is 10.7 Å². The Morgan fingerprint density at radius 1 is 1.11 bits per heavy atom. The van der Waals surface area contributed by atoms with Crippen molar-refractivity contribution in [3.05, 3.63) is 99.0 Å². The van der Waals surface area contributed by atoms with Crippen LogP contribution in [0.3, 0.4) is 0 Å². The Kier molecular flexibility index (Phi) is 5.68. The molecule has 27 heavy (non-hydrogen) atoms. The molecule has 0 atom stereocenters. The summed E-state index contributed by atoms with van der Waals surface area (Å²) in [5.41, 5.74) is -0.215. The summed E-state index contributed by atoms with van der Waals surface area (Å²) in [6.07, 6.45) is 2.69. The number of benzene rings is 2. The van der Waals surface area contributed by atoms with Gasteiger partial charge in [0.05, 0.1) is 15.5 Å². The zero-order valence-electron chi connectivity index (χ0n) is 14.0. The highest BCUT2D eigenvalue weighted by Crippen LogP contribution is 2.24. The first-order valence-corrected chi connectivity index (χ1v) is 8.34. The number of para-hydroxylation sites is 2. The van der Waals surface area contributed by atoms with Crippen LogP contribution in [0.2, 0.25) is 5.02 Å². The fraction of sp³-hybridized carbons (Fsp3) is 0.0500. The van der Waals surface area contributed by atoms with Crippen molar-refractivity contribution in [2.75, 3.05) is 0 Å². The van der Waals surface area contributed by atoms with E-state index in [4.69, 9.17) is 20.8 Å². The molecule has 1 aromatic heterocycles. The molecule has 1 heterocycles. The third-order valence-corrected chi connectivity index (χ3v) is 3.97. The molecular weight excluding hydrogens is 370 g/mol. The second kappa shape index (κ2) is 8.33. The molecule has 3 rings (SSSR count). The van der Waals surface area contributed by atoms with E-state index >= 15 is 0 Å². The van der Waals surface area contributed by atoms with Crippen LogP contribution in [0.4, 0.5) is 5.69 Å². The van der Waals surface area contributed by atoms with Gasteiger partial charge in [-0.2, -0.15) is 0 Å². The first-order chi connectivity index (χ1) is 13.0. The summed E-state index contributed by atoms with van der Waals surface area (Å²) in [5.74, 6) is 1.04. The van der Waals surface area contributed by atoms with Crippen molar-refractivity contribution in [1.82, 2.24) is 0 Å². The third kappa shape index (κ3) is 4.62. The van der Waals surface area contributed by atoms with E-state index in [9.17, 15) is 14.9 Å². The Hall–Kier alpha value is -3.38. The van der Waals surface area contributed by atoms with Gasteiger partial charge in [0.2, 0.25) is 0 Å². The first kappa shape index (κ1) is 18.4. The lowest BCUT2D eigenvalue weighted by Crippen LogP contribution is -2.00. The highest BCUT2D eigenvalue weighted by molar-refractivity contribution is 6.32. The van der Waals surface area contributed by atoms with Crippen LogP contribution in [0.5, 0.6) is 5.75 Å². The molecule has 0 aliphatic carbocycles. The maximum atomic E-state index is 12.2. The van der Waals surface area contributed by atoms with Crippen molar-refractivity contribution in [3.8, 4) is 5.75 Å². The van der Waals surface area contributed by atoms with Gasteiger partial charge in [-0.15, -0.1) is 0 Å². The quantitative estimate of drug-likeness (QED) is 0.239. The fourth-order valence-corrected chi connectivity index (χ4v) is 2.55. The minimum absolute atomic E-state index is 0.0209. The van der Waals surface area contributed by atoms with E-state index in [0.29, 0.717) is 22.3 Å². The van der Waals surface area contributed by atoms with Crippen LogP contribution < -0.4 is 4.74 Å². The van der Waals surface area contributed by atoms with Crippen molar-refractivity contribution < 1.29 is 18.9 Å². The molecule has 6 nitrogen and oxygen atoms in total. The number of nitrogens with zero attached hydrogens (tertiary/aromatic N) is 1. The predicted molar refractivity (Wildman–Crippen MR) is 101 cm³/mol. The van der Waals surface area contributed by atoms with E-state index in [2.05, 4.69) is 0 Å². The molecule has 0 aliphatic heterocycles. The lowest BCUT2D eigenvalue weighted by atomic mass is 10.1. The Labute approximate surface area is 159 Å². The fourth-order valence-electron chi connectivity index (χ4n) is 2.36. The third-order valence-electron chi connectivity index (χ3n) is 3.65. The van der Waals surface area contributed by atoms with E-state index in [1.165, 1.54) is 30.4 Å². The lowest BCUT2D eigenvalue weighted by molar-refractivity contribution is -0.385. The molecule has 0 bridgehead atoms. The van der Waals surface area contributed by atoms with E-state index < -0.39 is 10.7 Å². The molecule has 2 aromatic carbocycles. The highest BCUT2D eigenvalue weighted by atomic mass is 35.5. The number of ketones is 1. The molecule has 0 radical (unpaired) electrons. The van der Waals surface area contributed by atoms with Crippen molar-refractivity contribution in [2.45, 2.75) is 6.61 Å². The summed E-state index contributed by atoms with van der Waals surface area (Å²) in [7, 11) is 0. The molecule has 0 saturated carbocycles. The summed E-state index contributed by atoms with van der Waals surface area (Å²) < 4.78 is 11.1. The Bertz CT molecular complexity index is 1010. The van der Waals surface area contributed by atoms with Crippen LogP contribution in [0, 0.1) is 10.1 Å². The van der Waals surface area contributed by atoms with Crippen molar-refractivity contribution >= 4 is 29.1 Å². The first-order valence-electron chi connectivity index (χ1n) is 7.96. The van der Waals surface area contributed by atoms with E-state index in [0.717, 1.165) is 0 Å². The number of nitro groups is 1. The number of ether oxygens (including phenoxy) is 1.